The van der Waals surface area contributed by atoms with Gasteiger partial charge in [-0.25, -0.2) is 8.78 Å². The number of halogens is 2. The van der Waals surface area contributed by atoms with E-state index in [-0.39, 0.29) is 36.1 Å². The lowest BCUT2D eigenvalue weighted by Gasteiger charge is -1.95. The number of carbonyl (C=O) groups excluding carboxylic acids is 1. The summed E-state index contributed by atoms with van der Waals surface area (Å²) in [6.45, 7) is -0.0527. The van der Waals surface area contributed by atoms with Crippen LogP contribution < -0.4 is 0 Å². The molecule has 0 unspecified atom stereocenters. The summed E-state index contributed by atoms with van der Waals surface area (Å²) in [5.41, 5.74) is 0.271. The fraction of sp³-hybridized carbons (Fsp3) is 0.250. The van der Waals surface area contributed by atoms with Gasteiger partial charge in [0.2, 0.25) is 11.7 Å². The Morgan fingerprint density at radius 3 is 2.84 bits per heavy atom. The number of benzene rings is 1. The summed E-state index contributed by atoms with van der Waals surface area (Å²) in [5.74, 6) is -1.98. The number of rotatable bonds is 5. The van der Waals surface area contributed by atoms with Crippen molar-refractivity contribution in [3.05, 3.63) is 35.7 Å². The molecule has 19 heavy (non-hydrogen) atoms. The number of aromatic nitrogens is 2. The highest BCUT2D eigenvalue weighted by molar-refractivity contribution is 5.81. The van der Waals surface area contributed by atoms with E-state index in [1.807, 2.05) is 0 Å². The molecule has 1 aromatic heterocycles. The Labute approximate surface area is 107 Å². The first-order valence-electron chi connectivity index (χ1n) is 5.39. The van der Waals surface area contributed by atoms with Crippen molar-refractivity contribution < 1.29 is 22.8 Å². The Morgan fingerprint density at radius 2 is 2.16 bits per heavy atom. The van der Waals surface area contributed by atoms with E-state index in [0.29, 0.717) is 0 Å². The molecule has 7 heteroatoms. The van der Waals surface area contributed by atoms with E-state index >= 15 is 0 Å². The lowest BCUT2D eigenvalue weighted by molar-refractivity contribution is -0.122. The van der Waals surface area contributed by atoms with Gasteiger partial charge in [-0.2, -0.15) is 4.98 Å². The summed E-state index contributed by atoms with van der Waals surface area (Å²) < 4.78 is 35.3. The molecule has 0 radical (unpaired) electrons. The lowest BCUT2D eigenvalue weighted by atomic mass is 10.2. The lowest BCUT2D eigenvalue weighted by Crippen LogP contribution is -2.09. The molecular weight excluding hydrogens is 258 g/mol. The van der Waals surface area contributed by atoms with Crippen molar-refractivity contribution in [1.82, 2.24) is 10.1 Å². The molecule has 1 heterocycles. The average Bonchev–Trinajstić information content (AvgIpc) is 2.81. The van der Waals surface area contributed by atoms with Crippen molar-refractivity contribution in [2.24, 2.45) is 0 Å². The van der Waals surface area contributed by atoms with Gasteiger partial charge in [0.25, 0.3) is 0 Å². The highest BCUT2D eigenvalue weighted by Crippen LogP contribution is 2.18. The summed E-state index contributed by atoms with van der Waals surface area (Å²) in [6.07, 6.45) is -0.0650. The number of nitrogens with zero attached hydrogens (tertiary/aromatic N) is 2. The van der Waals surface area contributed by atoms with Crippen LogP contribution in [-0.4, -0.2) is 29.6 Å². The van der Waals surface area contributed by atoms with Gasteiger partial charge >= 0.3 is 0 Å². The minimum Gasteiger partial charge on any atom is -0.377 e. The second-order valence-electron chi connectivity index (χ2n) is 3.79. The van der Waals surface area contributed by atoms with Crippen molar-refractivity contribution >= 4 is 5.78 Å². The van der Waals surface area contributed by atoms with E-state index in [1.165, 1.54) is 13.2 Å². The third kappa shape index (κ3) is 3.19. The minimum absolute atomic E-state index is 0.0527. The van der Waals surface area contributed by atoms with Crippen LogP contribution in [0.25, 0.3) is 11.4 Å². The molecule has 0 saturated heterocycles. The van der Waals surface area contributed by atoms with Gasteiger partial charge in [0.1, 0.15) is 6.61 Å². The first-order chi connectivity index (χ1) is 9.10. The molecule has 1 aromatic carbocycles. The van der Waals surface area contributed by atoms with Gasteiger partial charge in [0.15, 0.2) is 17.4 Å². The molecule has 2 aromatic rings. The number of carbonyl (C=O) groups is 1. The maximum Gasteiger partial charge on any atom is 0.234 e. The van der Waals surface area contributed by atoms with E-state index < -0.39 is 11.6 Å². The zero-order valence-electron chi connectivity index (χ0n) is 10.0. The normalized spacial score (nSPS) is 10.7. The quantitative estimate of drug-likeness (QED) is 0.826. The Morgan fingerprint density at radius 1 is 1.37 bits per heavy atom. The summed E-state index contributed by atoms with van der Waals surface area (Å²) in [5, 5.41) is 3.60. The summed E-state index contributed by atoms with van der Waals surface area (Å²) in [7, 11) is 1.40. The zero-order valence-corrected chi connectivity index (χ0v) is 10.0. The molecular formula is C12H10F2N2O3. The molecule has 0 aliphatic heterocycles. The molecule has 0 amide bonds. The number of methoxy groups -OCH3 is 1. The van der Waals surface area contributed by atoms with Crippen LogP contribution in [0.15, 0.2) is 22.7 Å². The Balaban J connectivity index is 2.16. The van der Waals surface area contributed by atoms with Crippen LogP contribution in [0.2, 0.25) is 0 Å². The fourth-order valence-electron chi connectivity index (χ4n) is 1.46. The fourth-order valence-corrected chi connectivity index (χ4v) is 1.46. The second-order valence-corrected chi connectivity index (χ2v) is 3.79. The molecule has 0 aliphatic carbocycles. The van der Waals surface area contributed by atoms with E-state index in [2.05, 4.69) is 14.9 Å². The first kappa shape index (κ1) is 13.3. The van der Waals surface area contributed by atoms with Crippen LogP contribution in [-0.2, 0) is 16.0 Å². The average molecular weight is 268 g/mol. The molecule has 0 spiro atoms. The number of hydrogen-bond donors (Lipinski definition) is 0. The van der Waals surface area contributed by atoms with E-state index in [1.54, 1.807) is 0 Å². The maximum absolute atomic E-state index is 13.1. The van der Waals surface area contributed by atoms with Gasteiger partial charge in [-0.05, 0) is 18.2 Å². The van der Waals surface area contributed by atoms with Crippen LogP contribution >= 0.6 is 0 Å². The molecule has 0 bridgehead atoms. The van der Waals surface area contributed by atoms with Gasteiger partial charge in [0.05, 0.1) is 6.42 Å². The third-order valence-electron chi connectivity index (χ3n) is 2.30. The van der Waals surface area contributed by atoms with E-state index in [4.69, 9.17) is 4.52 Å². The van der Waals surface area contributed by atoms with Crippen molar-refractivity contribution in [2.75, 3.05) is 13.7 Å². The molecule has 0 saturated carbocycles. The molecule has 0 N–H and O–H groups in total. The molecule has 0 atom stereocenters. The van der Waals surface area contributed by atoms with Crippen LogP contribution in [0.3, 0.4) is 0 Å². The third-order valence-corrected chi connectivity index (χ3v) is 2.30. The number of hydrogen-bond acceptors (Lipinski definition) is 5. The van der Waals surface area contributed by atoms with Crippen molar-refractivity contribution in [1.29, 1.82) is 0 Å². The van der Waals surface area contributed by atoms with Gasteiger partial charge in [-0.1, -0.05) is 5.16 Å². The zero-order chi connectivity index (χ0) is 13.8. The first-order valence-corrected chi connectivity index (χ1v) is 5.39. The molecule has 0 aliphatic rings. The van der Waals surface area contributed by atoms with Gasteiger partial charge in [-0.3, -0.25) is 4.79 Å². The Bertz CT molecular complexity index is 598. The molecule has 0 fully saturated rings. The SMILES string of the molecule is COCC(=O)Cc1nc(-c2ccc(F)c(F)c2)no1. The Hall–Kier alpha value is -2.15. The molecule has 2 rings (SSSR count). The number of Topliss-reactive ketones (excluding diaryl/α,β-unsaturated/α-hetero) is 1. The van der Waals surface area contributed by atoms with Crippen molar-refractivity contribution in [2.45, 2.75) is 6.42 Å². The van der Waals surface area contributed by atoms with Crippen molar-refractivity contribution in [3.8, 4) is 11.4 Å². The van der Waals surface area contributed by atoms with Gasteiger partial charge in [0, 0.05) is 12.7 Å². The highest BCUT2D eigenvalue weighted by Gasteiger charge is 2.13. The van der Waals surface area contributed by atoms with Crippen LogP contribution in [0.5, 0.6) is 0 Å². The van der Waals surface area contributed by atoms with Crippen LogP contribution in [0, 0.1) is 11.6 Å². The van der Waals surface area contributed by atoms with E-state index in [0.717, 1.165) is 12.1 Å². The molecule has 5 nitrogen and oxygen atoms in total. The maximum atomic E-state index is 13.1. The predicted octanol–water partition coefficient (Wildman–Crippen LogP) is 1.77. The predicted molar refractivity (Wildman–Crippen MR) is 60.2 cm³/mol. The van der Waals surface area contributed by atoms with Gasteiger partial charge in [-0.15, -0.1) is 0 Å². The molecule has 100 valence electrons. The van der Waals surface area contributed by atoms with Gasteiger partial charge < -0.3 is 9.26 Å². The topological polar surface area (TPSA) is 65.2 Å². The number of ketones is 1. The van der Waals surface area contributed by atoms with Crippen molar-refractivity contribution in [3.63, 3.8) is 0 Å². The summed E-state index contributed by atoms with van der Waals surface area (Å²) in [4.78, 5) is 15.2. The largest absolute Gasteiger partial charge is 0.377 e. The van der Waals surface area contributed by atoms with Crippen LogP contribution in [0.1, 0.15) is 5.89 Å². The monoisotopic (exact) mass is 268 g/mol. The number of ether oxygens (including phenoxy) is 1. The summed E-state index contributed by atoms with van der Waals surface area (Å²) in [6, 6.07) is 3.25. The standard InChI is InChI=1S/C12H10F2N2O3/c1-18-6-8(17)5-11-15-12(16-19-11)7-2-3-9(13)10(14)4-7/h2-4H,5-6H2,1H3. The second kappa shape index (κ2) is 5.66. The van der Waals surface area contributed by atoms with E-state index in [9.17, 15) is 13.6 Å². The van der Waals surface area contributed by atoms with Crippen LogP contribution in [0.4, 0.5) is 8.78 Å². The Kier molecular flexibility index (Phi) is 3.96. The summed E-state index contributed by atoms with van der Waals surface area (Å²) >= 11 is 0. The minimum atomic E-state index is -1.00. The highest BCUT2D eigenvalue weighted by atomic mass is 19.2. The smallest absolute Gasteiger partial charge is 0.234 e.